The molecule has 0 atom stereocenters. The highest BCUT2D eigenvalue weighted by molar-refractivity contribution is 5.63. The number of nitrogens with one attached hydrogen (secondary N) is 2. The average molecular weight is 471 g/mol. The number of rotatable bonds is 6. The summed E-state index contributed by atoms with van der Waals surface area (Å²) in [6, 6.07) is 14.6. The summed E-state index contributed by atoms with van der Waals surface area (Å²) in [6.45, 7) is 5.85. The number of benzene rings is 2. The molecule has 5 nitrogen and oxygen atoms in total. The van der Waals surface area contributed by atoms with E-state index in [9.17, 15) is 13.2 Å². The van der Waals surface area contributed by atoms with Crippen molar-refractivity contribution in [2.75, 3.05) is 10.6 Å². The first kappa shape index (κ1) is 23.9. The van der Waals surface area contributed by atoms with Crippen LogP contribution in [0.1, 0.15) is 63.5 Å². The Morgan fingerprint density at radius 3 is 2.03 bits per heavy atom. The monoisotopic (exact) mass is 470 g/mol. The molecule has 1 fully saturated rings. The van der Waals surface area contributed by atoms with Gasteiger partial charge in [-0.1, -0.05) is 25.0 Å². The van der Waals surface area contributed by atoms with Gasteiger partial charge in [-0.15, -0.1) is 0 Å². The summed E-state index contributed by atoms with van der Waals surface area (Å²) in [4.78, 5) is 8.00. The van der Waals surface area contributed by atoms with E-state index in [1.54, 1.807) is 36.4 Å². The Labute approximate surface area is 197 Å². The number of nitrogens with zero attached hydrogens (tertiary/aromatic N) is 2. The molecule has 0 bridgehead atoms. The van der Waals surface area contributed by atoms with Crippen LogP contribution in [0, 0.1) is 0 Å². The second kappa shape index (κ2) is 9.52. The fourth-order valence-corrected chi connectivity index (χ4v) is 4.07. The van der Waals surface area contributed by atoms with Gasteiger partial charge in [-0.2, -0.15) is 18.2 Å². The summed E-state index contributed by atoms with van der Waals surface area (Å²) >= 11 is 0. The van der Waals surface area contributed by atoms with E-state index in [0.717, 1.165) is 19.0 Å². The first-order chi connectivity index (χ1) is 16.1. The maximum atomic E-state index is 13.6. The third kappa shape index (κ3) is 6.18. The van der Waals surface area contributed by atoms with Gasteiger partial charge in [-0.05, 0) is 81.5 Å². The third-order valence-electron chi connectivity index (χ3n) is 5.63. The van der Waals surface area contributed by atoms with Crippen LogP contribution in [0.5, 0.6) is 5.75 Å². The van der Waals surface area contributed by atoms with Crippen LogP contribution >= 0.6 is 0 Å². The average Bonchev–Trinajstić information content (AvgIpc) is 3.29. The van der Waals surface area contributed by atoms with Crippen molar-refractivity contribution in [1.29, 1.82) is 0 Å². The highest BCUT2D eigenvalue weighted by Crippen LogP contribution is 2.37. The molecule has 0 saturated heterocycles. The lowest BCUT2D eigenvalue weighted by Crippen LogP contribution is -2.22. The van der Waals surface area contributed by atoms with Crippen molar-refractivity contribution in [2.45, 2.75) is 64.1 Å². The second-order valence-corrected chi connectivity index (χ2v) is 9.55. The van der Waals surface area contributed by atoms with Gasteiger partial charge < -0.3 is 15.4 Å². The van der Waals surface area contributed by atoms with Gasteiger partial charge >= 0.3 is 6.18 Å². The number of alkyl halides is 3. The molecule has 0 radical (unpaired) electrons. The quantitative estimate of drug-likeness (QED) is 0.385. The van der Waals surface area contributed by atoms with E-state index in [2.05, 4.69) is 20.6 Å². The fourth-order valence-electron chi connectivity index (χ4n) is 4.07. The van der Waals surface area contributed by atoms with Crippen molar-refractivity contribution in [3.8, 4) is 5.75 Å². The molecule has 1 aromatic heterocycles. The smallest absolute Gasteiger partial charge is 0.421 e. The molecule has 0 unspecified atom stereocenters. The molecule has 4 rings (SSSR count). The topological polar surface area (TPSA) is 59.1 Å². The Morgan fingerprint density at radius 1 is 0.853 bits per heavy atom. The van der Waals surface area contributed by atoms with Crippen molar-refractivity contribution in [2.24, 2.45) is 0 Å². The van der Waals surface area contributed by atoms with E-state index in [4.69, 9.17) is 4.74 Å². The zero-order valence-corrected chi connectivity index (χ0v) is 19.5. The number of anilines is 4. The fraction of sp³-hybridized carbons (Fsp3) is 0.385. The maximum absolute atomic E-state index is 13.6. The van der Waals surface area contributed by atoms with Gasteiger partial charge in [0, 0.05) is 17.6 Å². The summed E-state index contributed by atoms with van der Waals surface area (Å²) < 4.78 is 46.6. The minimum Gasteiger partial charge on any atom is -0.488 e. The van der Waals surface area contributed by atoms with Crippen LogP contribution in [0.15, 0.2) is 54.7 Å². The Bertz CT molecular complexity index is 1100. The Kier molecular flexibility index (Phi) is 6.68. The molecule has 3 aromatic rings. The molecule has 180 valence electrons. The van der Waals surface area contributed by atoms with E-state index in [0.29, 0.717) is 23.0 Å². The molecule has 0 spiro atoms. The lowest BCUT2D eigenvalue weighted by molar-refractivity contribution is -0.137. The van der Waals surface area contributed by atoms with Crippen LogP contribution in [0.3, 0.4) is 0 Å². The summed E-state index contributed by atoms with van der Waals surface area (Å²) in [7, 11) is 0. The van der Waals surface area contributed by atoms with E-state index in [1.165, 1.54) is 18.4 Å². The Balaban J connectivity index is 1.53. The molecule has 2 aromatic carbocycles. The summed E-state index contributed by atoms with van der Waals surface area (Å²) in [6.07, 6.45) is 0.980. The van der Waals surface area contributed by atoms with Crippen LogP contribution in [0.25, 0.3) is 0 Å². The maximum Gasteiger partial charge on any atom is 0.421 e. The number of aromatic nitrogens is 2. The molecule has 34 heavy (non-hydrogen) atoms. The Hall–Kier alpha value is -3.29. The van der Waals surface area contributed by atoms with Crippen LogP contribution in [0.4, 0.5) is 36.3 Å². The van der Waals surface area contributed by atoms with Crippen LogP contribution < -0.4 is 15.4 Å². The molecule has 1 saturated carbocycles. The van der Waals surface area contributed by atoms with Crippen molar-refractivity contribution in [3.63, 3.8) is 0 Å². The lowest BCUT2D eigenvalue weighted by atomic mass is 9.97. The van der Waals surface area contributed by atoms with Crippen molar-refractivity contribution in [1.82, 2.24) is 9.97 Å². The van der Waals surface area contributed by atoms with Gasteiger partial charge in [0.1, 0.15) is 22.7 Å². The van der Waals surface area contributed by atoms with Crippen molar-refractivity contribution < 1.29 is 17.9 Å². The first-order valence-corrected chi connectivity index (χ1v) is 11.4. The van der Waals surface area contributed by atoms with Gasteiger partial charge in [0.05, 0.1) is 0 Å². The third-order valence-corrected chi connectivity index (χ3v) is 5.63. The summed E-state index contributed by atoms with van der Waals surface area (Å²) in [5.41, 5.74) is 1.14. The molecule has 1 aliphatic carbocycles. The summed E-state index contributed by atoms with van der Waals surface area (Å²) in [5.74, 6) is 0.985. The van der Waals surface area contributed by atoms with Gasteiger partial charge in [0.15, 0.2) is 0 Å². The van der Waals surface area contributed by atoms with Crippen LogP contribution in [-0.2, 0) is 6.18 Å². The van der Waals surface area contributed by atoms with Crippen LogP contribution in [-0.4, -0.2) is 15.6 Å². The highest BCUT2D eigenvalue weighted by Gasteiger charge is 2.35. The second-order valence-electron chi connectivity index (χ2n) is 9.55. The van der Waals surface area contributed by atoms with E-state index in [1.807, 2.05) is 32.9 Å². The van der Waals surface area contributed by atoms with Crippen molar-refractivity contribution >= 4 is 23.1 Å². The Morgan fingerprint density at radius 2 is 1.44 bits per heavy atom. The normalized spacial score (nSPS) is 14.8. The molecular weight excluding hydrogens is 441 g/mol. The largest absolute Gasteiger partial charge is 0.488 e. The van der Waals surface area contributed by atoms with E-state index in [-0.39, 0.29) is 17.4 Å². The number of hydrogen-bond donors (Lipinski definition) is 2. The highest BCUT2D eigenvalue weighted by atomic mass is 19.4. The predicted molar refractivity (Wildman–Crippen MR) is 128 cm³/mol. The standard InChI is InChI=1S/C26H29F3N4O/c1-25(2,3)34-21-14-12-20(13-15-21)32-24-30-16-22(26(27,28)29)23(33-24)31-19-10-8-18(9-11-19)17-6-4-5-7-17/h8-17H,4-7H2,1-3H3,(H2,30,31,32,33). The zero-order valence-electron chi connectivity index (χ0n) is 19.5. The predicted octanol–water partition coefficient (Wildman–Crippen LogP) is 7.82. The molecule has 8 heteroatoms. The lowest BCUT2D eigenvalue weighted by Gasteiger charge is -2.21. The minimum absolute atomic E-state index is 0.0579. The van der Waals surface area contributed by atoms with Crippen molar-refractivity contribution in [3.05, 3.63) is 65.9 Å². The van der Waals surface area contributed by atoms with E-state index < -0.39 is 11.7 Å². The number of hydrogen-bond acceptors (Lipinski definition) is 5. The molecule has 0 aliphatic heterocycles. The van der Waals surface area contributed by atoms with E-state index >= 15 is 0 Å². The number of ether oxygens (including phenoxy) is 1. The zero-order chi connectivity index (χ0) is 24.3. The number of halogens is 3. The van der Waals surface area contributed by atoms with Gasteiger partial charge in [-0.3, -0.25) is 0 Å². The van der Waals surface area contributed by atoms with Gasteiger partial charge in [0.25, 0.3) is 0 Å². The van der Waals surface area contributed by atoms with Gasteiger partial charge in [0.2, 0.25) is 5.95 Å². The van der Waals surface area contributed by atoms with Gasteiger partial charge in [-0.25, -0.2) is 4.98 Å². The molecule has 1 aliphatic rings. The molecule has 0 amide bonds. The minimum atomic E-state index is -4.59. The first-order valence-electron chi connectivity index (χ1n) is 11.4. The van der Waals surface area contributed by atoms with Crippen LogP contribution in [0.2, 0.25) is 0 Å². The molecular formula is C26H29F3N4O. The molecule has 2 N–H and O–H groups in total. The summed E-state index contributed by atoms with van der Waals surface area (Å²) in [5, 5.41) is 5.79. The SMILES string of the molecule is CC(C)(C)Oc1ccc(Nc2ncc(C(F)(F)F)c(Nc3ccc(C4CCCC4)cc3)n2)cc1. The molecule has 1 heterocycles.